The van der Waals surface area contributed by atoms with Crippen LogP contribution in [0.4, 0.5) is 5.95 Å². The second-order valence-corrected chi connectivity index (χ2v) is 9.29. The normalized spacial score (nSPS) is 17.9. The van der Waals surface area contributed by atoms with E-state index in [1.807, 2.05) is 18.2 Å². The highest BCUT2D eigenvalue weighted by Gasteiger charge is 2.28. The van der Waals surface area contributed by atoms with Crippen LogP contribution in [-0.4, -0.2) is 46.7 Å². The Bertz CT molecular complexity index is 1110. The second kappa shape index (κ2) is 9.41. The van der Waals surface area contributed by atoms with Crippen LogP contribution < -0.4 is 15.0 Å². The zero-order valence-corrected chi connectivity index (χ0v) is 19.6. The van der Waals surface area contributed by atoms with E-state index in [-0.39, 0.29) is 11.9 Å². The van der Waals surface area contributed by atoms with E-state index < -0.39 is 0 Å². The summed E-state index contributed by atoms with van der Waals surface area (Å²) < 4.78 is 7.91. The molecule has 2 fully saturated rings. The first-order chi connectivity index (χ1) is 16.2. The Morgan fingerprint density at radius 3 is 2.48 bits per heavy atom. The van der Waals surface area contributed by atoms with Gasteiger partial charge < -0.3 is 19.5 Å². The summed E-state index contributed by atoms with van der Waals surface area (Å²) in [5, 5.41) is 4.32. The molecule has 3 aromatic rings. The van der Waals surface area contributed by atoms with Gasteiger partial charge in [-0.05, 0) is 56.9 Å². The molecule has 0 spiro atoms. The predicted molar refractivity (Wildman–Crippen MR) is 130 cm³/mol. The SMILES string of the molecule is COc1ccc2c(c1)c(C(=O)NC1CCN(c3ncccn3)CC1)c(C)n2C1CCCCC1. The van der Waals surface area contributed by atoms with Gasteiger partial charge in [0.1, 0.15) is 5.75 Å². The molecule has 174 valence electrons. The monoisotopic (exact) mass is 447 g/mol. The molecular formula is C26H33N5O2. The van der Waals surface area contributed by atoms with Crippen molar-refractivity contribution >= 4 is 22.8 Å². The summed E-state index contributed by atoms with van der Waals surface area (Å²) in [7, 11) is 1.68. The quantitative estimate of drug-likeness (QED) is 0.616. The van der Waals surface area contributed by atoms with Crippen molar-refractivity contribution in [3.8, 4) is 5.75 Å². The molecule has 0 unspecified atom stereocenters. The van der Waals surface area contributed by atoms with E-state index in [9.17, 15) is 4.79 Å². The number of ether oxygens (including phenoxy) is 1. The van der Waals surface area contributed by atoms with Gasteiger partial charge in [-0.25, -0.2) is 9.97 Å². The lowest BCUT2D eigenvalue weighted by Gasteiger charge is -2.32. The third-order valence-electron chi connectivity index (χ3n) is 7.29. The first-order valence-corrected chi connectivity index (χ1v) is 12.2. The minimum absolute atomic E-state index is 0.0229. The Morgan fingerprint density at radius 2 is 1.79 bits per heavy atom. The number of methoxy groups -OCH3 is 1. The number of nitrogens with one attached hydrogen (secondary N) is 1. The number of hydrogen-bond acceptors (Lipinski definition) is 5. The summed E-state index contributed by atoms with van der Waals surface area (Å²) in [5.74, 6) is 1.57. The number of amides is 1. The minimum atomic E-state index is 0.0229. The lowest BCUT2D eigenvalue weighted by Crippen LogP contribution is -2.45. The van der Waals surface area contributed by atoms with Crippen LogP contribution in [0.2, 0.25) is 0 Å². The zero-order valence-electron chi connectivity index (χ0n) is 19.6. The van der Waals surface area contributed by atoms with Crippen LogP contribution in [0.25, 0.3) is 10.9 Å². The van der Waals surface area contributed by atoms with Gasteiger partial charge in [-0.1, -0.05) is 19.3 Å². The van der Waals surface area contributed by atoms with Crippen molar-refractivity contribution in [3.63, 3.8) is 0 Å². The van der Waals surface area contributed by atoms with E-state index in [4.69, 9.17) is 4.74 Å². The van der Waals surface area contributed by atoms with Crippen molar-refractivity contribution in [1.29, 1.82) is 0 Å². The second-order valence-electron chi connectivity index (χ2n) is 9.29. The van der Waals surface area contributed by atoms with Gasteiger partial charge in [0, 0.05) is 54.2 Å². The number of piperidine rings is 1. The highest BCUT2D eigenvalue weighted by atomic mass is 16.5. The molecule has 7 nitrogen and oxygen atoms in total. The van der Waals surface area contributed by atoms with Crippen molar-refractivity contribution in [2.75, 3.05) is 25.1 Å². The van der Waals surface area contributed by atoms with E-state index in [0.717, 1.165) is 59.8 Å². The number of nitrogens with zero attached hydrogens (tertiary/aromatic N) is 4. The van der Waals surface area contributed by atoms with Crippen LogP contribution in [0.5, 0.6) is 5.75 Å². The van der Waals surface area contributed by atoms with Crippen LogP contribution in [0.1, 0.15) is 67.0 Å². The van der Waals surface area contributed by atoms with Gasteiger partial charge in [0.25, 0.3) is 5.91 Å². The zero-order chi connectivity index (χ0) is 22.8. The molecule has 1 saturated carbocycles. The minimum Gasteiger partial charge on any atom is -0.497 e. The maximum absolute atomic E-state index is 13.6. The van der Waals surface area contributed by atoms with Gasteiger partial charge >= 0.3 is 0 Å². The molecule has 3 heterocycles. The highest BCUT2D eigenvalue weighted by molar-refractivity contribution is 6.09. The number of carbonyl (C=O) groups is 1. The molecule has 1 saturated heterocycles. The average molecular weight is 448 g/mol. The first-order valence-electron chi connectivity index (χ1n) is 12.2. The summed E-state index contributed by atoms with van der Waals surface area (Å²) in [6.07, 6.45) is 11.5. The van der Waals surface area contributed by atoms with Gasteiger partial charge in [-0.3, -0.25) is 4.79 Å². The fourth-order valence-corrected chi connectivity index (χ4v) is 5.58. The van der Waals surface area contributed by atoms with Crippen molar-refractivity contribution in [1.82, 2.24) is 19.9 Å². The molecule has 0 radical (unpaired) electrons. The average Bonchev–Trinajstić information content (AvgIpc) is 3.16. The van der Waals surface area contributed by atoms with Crippen LogP contribution in [0.3, 0.4) is 0 Å². The van der Waals surface area contributed by atoms with E-state index >= 15 is 0 Å². The Balaban J connectivity index is 1.38. The smallest absolute Gasteiger partial charge is 0.253 e. The number of fused-ring (bicyclic) bond motifs is 1. The number of benzene rings is 1. The van der Waals surface area contributed by atoms with Gasteiger partial charge in [0.15, 0.2) is 0 Å². The lowest BCUT2D eigenvalue weighted by molar-refractivity contribution is 0.0931. The standard InChI is InChI=1S/C26H33N5O2/c1-18-24(25(32)29-19-11-15-30(16-12-19)26-27-13-6-14-28-26)22-17-21(33-2)9-10-23(22)31(18)20-7-4-3-5-8-20/h6,9-10,13-14,17,19-20H,3-5,7-8,11-12,15-16H2,1-2H3,(H,29,32). The van der Waals surface area contributed by atoms with Gasteiger partial charge in [-0.15, -0.1) is 0 Å². The molecule has 1 aliphatic heterocycles. The Morgan fingerprint density at radius 1 is 1.06 bits per heavy atom. The Kier molecular flexibility index (Phi) is 6.20. The summed E-state index contributed by atoms with van der Waals surface area (Å²) in [5.41, 5.74) is 3.00. The lowest BCUT2D eigenvalue weighted by atomic mass is 9.95. The molecule has 1 amide bonds. The van der Waals surface area contributed by atoms with Crippen LogP contribution in [0.15, 0.2) is 36.7 Å². The van der Waals surface area contributed by atoms with Crippen molar-refractivity contribution in [2.45, 2.75) is 64.0 Å². The third-order valence-corrected chi connectivity index (χ3v) is 7.29. The molecule has 0 atom stereocenters. The van der Waals surface area contributed by atoms with Crippen LogP contribution in [-0.2, 0) is 0 Å². The summed E-state index contributed by atoms with van der Waals surface area (Å²) in [6.45, 7) is 3.78. The van der Waals surface area contributed by atoms with Crippen molar-refractivity contribution in [3.05, 3.63) is 47.9 Å². The molecule has 1 aromatic carbocycles. The van der Waals surface area contributed by atoms with Gasteiger partial charge in [0.05, 0.1) is 12.7 Å². The molecule has 2 aromatic heterocycles. The number of hydrogen-bond donors (Lipinski definition) is 1. The summed E-state index contributed by atoms with van der Waals surface area (Å²) in [6, 6.07) is 8.58. The van der Waals surface area contributed by atoms with Crippen LogP contribution in [0, 0.1) is 6.92 Å². The Hall–Kier alpha value is -3.09. The van der Waals surface area contributed by atoms with E-state index in [0.29, 0.717) is 6.04 Å². The molecule has 5 rings (SSSR count). The van der Waals surface area contributed by atoms with E-state index in [2.05, 4.69) is 37.7 Å². The van der Waals surface area contributed by atoms with Crippen molar-refractivity contribution in [2.24, 2.45) is 0 Å². The summed E-state index contributed by atoms with van der Waals surface area (Å²) >= 11 is 0. The number of carbonyl (C=O) groups excluding carboxylic acids is 1. The highest BCUT2D eigenvalue weighted by Crippen LogP contribution is 2.37. The molecule has 7 heteroatoms. The predicted octanol–water partition coefficient (Wildman–Crippen LogP) is 4.65. The Labute approximate surface area is 195 Å². The molecule has 2 aliphatic rings. The molecular weight excluding hydrogens is 414 g/mol. The first kappa shape index (κ1) is 21.7. The summed E-state index contributed by atoms with van der Waals surface area (Å²) in [4.78, 5) is 24.5. The maximum Gasteiger partial charge on any atom is 0.253 e. The molecule has 1 aliphatic carbocycles. The molecule has 0 bridgehead atoms. The fraction of sp³-hybridized carbons (Fsp3) is 0.500. The van der Waals surface area contributed by atoms with Crippen molar-refractivity contribution < 1.29 is 9.53 Å². The fourth-order valence-electron chi connectivity index (χ4n) is 5.58. The van der Waals surface area contributed by atoms with Gasteiger partial charge in [0.2, 0.25) is 5.95 Å². The number of aromatic nitrogens is 3. The van der Waals surface area contributed by atoms with Gasteiger partial charge in [-0.2, -0.15) is 0 Å². The number of rotatable bonds is 5. The topological polar surface area (TPSA) is 72.3 Å². The third kappa shape index (κ3) is 4.28. The largest absolute Gasteiger partial charge is 0.497 e. The van der Waals surface area contributed by atoms with E-state index in [1.165, 1.54) is 32.1 Å². The molecule has 1 N–H and O–H groups in total. The van der Waals surface area contributed by atoms with E-state index in [1.54, 1.807) is 19.5 Å². The maximum atomic E-state index is 13.6. The van der Waals surface area contributed by atoms with Crippen LogP contribution >= 0.6 is 0 Å². The molecule has 33 heavy (non-hydrogen) atoms. The number of anilines is 1.